The summed E-state index contributed by atoms with van der Waals surface area (Å²) < 4.78 is 0. The summed E-state index contributed by atoms with van der Waals surface area (Å²) in [4.78, 5) is 25.8. The monoisotopic (exact) mass is 330 g/mol. The van der Waals surface area contributed by atoms with Crippen molar-refractivity contribution in [3.63, 3.8) is 0 Å². The number of nitrogens with zero attached hydrogens (tertiary/aromatic N) is 4. The first-order valence-electron chi connectivity index (χ1n) is 8.37. The summed E-state index contributed by atoms with van der Waals surface area (Å²) in [6.45, 7) is 6.61. The van der Waals surface area contributed by atoms with Crippen LogP contribution in [0.1, 0.15) is 24.8 Å². The molecule has 1 saturated heterocycles. The second kappa shape index (κ2) is 6.15. The summed E-state index contributed by atoms with van der Waals surface area (Å²) in [5.41, 5.74) is 1.20. The number of aliphatic imine (C=N–C) groups is 1. The Morgan fingerprint density at radius 1 is 1.30 bits per heavy atom. The topological polar surface area (TPSA) is 48.8 Å². The van der Waals surface area contributed by atoms with Crippen LogP contribution in [0.3, 0.4) is 0 Å². The first-order valence-corrected chi connectivity index (χ1v) is 9.25. The van der Waals surface area contributed by atoms with E-state index in [9.17, 15) is 4.79 Å². The van der Waals surface area contributed by atoms with Gasteiger partial charge < -0.3 is 9.80 Å². The summed E-state index contributed by atoms with van der Waals surface area (Å²) in [5, 5.41) is 1.76. The van der Waals surface area contributed by atoms with E-state index in [-0.39, 0.29) is 5.92 Å². The zero-order valence-electron chi connectivity index (χ0n) is 13.4. The molecule has 0 N–H and O–H groups in total. The molecule has 6 heteroatoms. The predicted molar refractivity (Wildman–Crippen MR) is 92.6 cm³/mol. The highest BCUT2D eigenvalue weighted by atomic mass is 32.2. The number of carbonyl (C=O) groups excluding carboxylic acids is 1. The molecule has 23 heavy (non-hydrogen) atoms. The Morgan fingerprint density at radius 3 is 2.78 bits per heavy atom. The number of amidine groups is 1. The lowest BCUT2D eigenvalue weighted by atomic mass is 10.1. The minimum Gasteiger partial charge on any atom is -0.348 e. The maximum Gasteiger partial charge on any atom is 0.226 e. The van der Waals surface area contributed by atoms with Gasteiger partial charge in [-0.25, -0.2) is 0 Å². The van der Waals surface area contributed by atoms with E-state index in [0.29, 0.717) is 17.1 Å². The molecule has 4 rings (SSSR count). The van der Waals surface area contributed by atoms with E-state index in [0.717, 1.165) is 39.1 Å². The molecule has 1 saturated carbocycles. The number of amides is 1. The molecule has 1 amide bonds. The number of carbonyl (C=O) groups is 1. The van der Waals surface area contributed by atoms with Crippen molar-refractivity contribution in [2.75, 3.05) is 32.7 Å². The van der Waals surface area contributed by atoms with Crippen molar-refractivity contribution < 1.29 is 4.79 Å². The normalized spacial score (nSPS) is 30.3. The number of hydrogen-bond acceptors (Lipinski definition) is 5. The van der Waals surface area contributed by atoms with Crippen molar-refractivity contribution in [1.29, 1.82) is 0 Å². The molecular weight excluding hydrogens is 308 g/mol. The number of pyridine rings is 1. The maximum absolute atomic E-state index is 12.7. The summed E-state index contributed by atoms with van der Waals surface area (Å²) in [6.07, 6.45) is 4.66. The molecule has 1 aromatic rings. The summed E-state index contributed by atoms with van der Waals surface area (Å²) in [6, 6.07) is 4.04. The zero-order valence-corrected chi connectivity index (χ0v) is 14.2. The highest BCUT2D eigenvalue weighted by Gasteiger charge is 2.46. The Balaban J connectivity index is 1.30. The van der Waals surface area contributed by atoms with Crippen molar-refractivity contribution in [2.45, 2.75) is 24.5 Å². The molecule has 3 heterocycles. The van der Waals surface area contributed by atoms with Crippen molar-refractivity contribution >= 4 is 22.8 Å². The minimum absolute atomic E-state index is 0.170. The molecule has 122 valence electrons. The fraction of sp³-hybridized carbons (Fsp3) is 0.588. The molecule has 0 radical (unpaired) electrons. The van der Waals surface area contributed by atoms with Crippen LogP contribution in [-0.4, -0.2) is 63.8 Å². The highest BCUT2D eigenvalue weighted by Crippen LogP contribution is 2.48. The smallest absolute Gasteiger partial charge is 0.226 e. The number of hydrogen-bond donors (Lipinski definition) is 0. The lowest BCUT2D eigenvalue weighted by molar-refractivity contribution is -0.133. The first kappa shape index (κ1) is 15.0. The Bertz CT molecular complexity index is 612. The number of piperazine rings is 1. The Kier molecular flexibility index (Phi) is 4.01. The van der Waals surface area contributed by atoms with Gasteiger partial charge in [-0.15, -0.1) is 0 Å². The maximum atomic E-state index is 12.7. The fourth-order valence-corrected chi connectivity index (χ4v) is 4.41. The average Bonchev–Trinajstić information content (AvgIpc) is 3.29. The van der Waals surface area contributed by atoms with E-state index in [2.05, 4.69) is 27.9 Å². The predicted octanol–water partition coefficient (Wildman–Crippen LogP) is 1.82. The van der Waals surface area contributed by atoms with E-state index < -0.39 is 0 Å². The molecule has 0 spiro atoms. The first-order chi connectivity index (χ1) is 11.2. The summed E-state index contributed by atoms with van der Waals surface area (Å²) in [7, 11) is 0. The van der Waals surface area contributed by atoms with E-state index in [1.54, 1.807) is 6.20 Å². The van der Waals surface area contributed by atoms with Gasteiger partial charge in [0.25, 0.3) is 0 Å². The summed E-state index contributed by atoms with van der Waals surface area (Å²) in [5.74, 6) is 0.877. The quantitative estimate of drug-likeness (QED) is 0.830. The number of aromatic nitrogens is 1. The molecule has 1 aliphatic carbocycles. The van der Waals surface area contributed by atoms with Gasteiger partial charge in [-0.3, -0.25) is 14.8 Å². The summed E-state index contributed by atoms with van der Waals surface area (Å²) >= 11 is 1.86. The lowest BCUT2D eigenvalue weighted by Gasteiger charge is -2.35. The van der Waals surface area contributed by atoms with Crippen LogP contribution in [0.15, 0.2) is 29.5 Å². The Hall–Kier alpha value is -1.56. The van der Waals surface area contributed by atoms with Crippen LogP contribution >= 0.6 is 11.8 Å². The molecule has 5 nitrogen and oxygen atoms in total. The standard InChI is InChI=1S/C17H22N4OS/c1-12-10-19-17(23-12)21-7-5-20(6-8-21)16(22)15-9-14(15)13-3-2-4-18-11-13/h2-4,11-12,14-15H,5-10H2,1H3/t12-,14-,15-/m1/s1. The molecule has 0 bridgehead atoms. The van der Waals surface area contributed by atoms with E-state index in [4.69, 9.17) is 0 Å². The van der Waals surface area contributed by atoms with E-state index in [1.165, 1.54) is 10.7 Å². The largest absolute Gasteiger partial charge is 0.348 e. The fourth-order valence-electron chi connectivity index (χ4n) is 3.42. The van der Waals surface area contributed by atoms with Crippen LogP contribution in [0.25, 0.3) is 0 Å². The van der Waals surface area contributed by atoms with Crippen molar-refractivity contribution in [3.05, 3.63) is 30.1 Å². The van der Waals surface area contributed by atoms with Gasteiger partial charge in [0.2, 0.25) is 5.91 Å². The molecule has 0 aromatic carbocycles. The van der Waals surface area contributed by atoms with Gasteiger partial charge in [0.1, 0.15) is 0 Å². The molecule has 2 aliphatic heterocycles. The molecule has 2 fully saturated rings. The minimum atomic E-state index is 0.170. The third-order valence-electron chi connectivity index (χ3n) is 4.87. The van der Waals surface area contributed by atoms with Crippen LogP contribution in [0, 0.1) is 5.92 Å². The zero-order chi connectivity index (χ0) is 15.8. The van der Waals surface area contributed by atoms with Gasteiger partial charge in [-0.2, -0.15) is 0 Å². The molecule has 1 aromatic heterocycles. The molecule has 3 aliphatic rings. The third kappa shape index (κ3) is 3.09. The van der Waals surface area contributed by atoms with Crippen molar-refractivity contribution in [2.24, 2.45) is 10.9 Å². The van der Waals surface area contributed by atoms with Crippen LogP contribution in [-0.2, 0) is 4.79 Å². The van der Waals surface area contributed by atoms with Gasteiger partial charge in [0.05, 0.1) is 6.54 Å². The van der Waals surface area contributed by atoms with Gasteiger partial charge in [-0.1, -0.05) is 24.8 Å². The third-order valence-corrected chi connectivity index (χ3v) is 6.02. The van der Waals surface area contributed by atoms with Gasteiger partial charge >= 0.3 is 0 Å². The van der Waals surface area contributed by atoms with Gasteiger partial charge in [0.15, 0.2) is 5.17 Å². The Labute approximate surface area is 141 Å². The second-order valence-electron chi connectivity index (χ2n) is 6.60. The molecule has 0 unspecified atom stereocenters. The van der Waals surface area contributed by atoms with E-state index >= 15 is 0 Å². The average molecular weight is 330 g/mol. The number of thioether (sulfide) groups is 1. The second-order valence-corrected chi connectivity index (χ2v) is 8.00. The van der Waals surface area contributed by atoms with Crippen molar-refractivity contribution in [1.82, 2.24) is 14.8 Å². The van der Waals surface area contributed by atoms with Gasteiger partial charge in [-0.05, 0) is 24.0 Å². The highest BCUT2D eigenvalue weighted by molar-refractivity contribution is 8.14. The van der Waals surface area contributed by atoms with Crippen LogP contribution in [0.4, 0.5) is 0 Å². The lowest BCUT2D eigenvalue weighted by Crippen LogP contribution is -2.50. The Morgan fingerprint density at radius 2 is 2.13 bits per heavy atom. The molecule has 3 atom stereocenters. The molecular formula is C17H22N4OS. The number of rotatable bonds is 2. The van der Waals surface area contributed by atoms with Crippen LogP contribution in [0.5, 0.6) is 0 Å². The van der Waals surface area contributed by atoms with E-state index in [1.807, 2.05) is 28.9 Å². The van der Waals surface area contributed by atoms with Gasteiger partial charge in [0, 0.05) is 49.7 Å². The van der Waals surface area contributed by atoms with Crippen molar-refractivity contribution in [3.8, 4) is 0 Å². The van der Waals surface area contributed by atoms with Crippen LogP contribution in [0.2, 0.25) is 0 Å². The SMILES string of the molecule is C[C@@H]1CN=C(N2CCN(C(=O)[C@@H]3C[C@@H]3c3cccnc3)CC2)S1. The van der Waals surface area contributed by atoms with Crippen LogP contribution < -0.4 is 0 Å².